The predicted octanol–water partition coefficient (Wildman–Crippen LogP) is 4.00. The second kappa shape index (κ2) is 7.75. The van der Waals surface area contributed by atoms with Crippen molar-refractivity contribution in [2.24, 2.45) is 5.92 Å². The minimum atomic E-state index is -3.52. The van der Waals surface area contributed by atoms with Gasteiger partial charge in [-0.2, -0.15) is 4.31 Å². The first-order chi connectivity index (χ1) is 12.3. The SMILES string of the molecule is Cc1ccc(NC(=O)C2CCN(S(=O)(=O)c3ccc(Br)s3)CC2)cc1F. The van der Waals surface area contributed by atoms with Crippen LogP contribution in [0.3, 0.4) is 0 Å². The highest BCUT2D eigenvalue weighted by Crippen LogP contribution is 2.31. The maximum Gasteiger partial charge on any atom is 0.252 e. The Balaban J connectivity index is 1.61. The molecule has 1 N–H and O–H groups in total. The summed E-state index contributed by atoms with van der Waals surface area (Å²) in [5.41, 5.74) is 0.929. The van der Waals surface area contributed by atoms with E-state index < -0.39 is 10.0 Å². The lowest BCUT2D eigenvalue weighted by atomic mass is 9.97. The van der Waals surface area contributed by atoms with Crippen molar-refractivity contribution in [2.75, 3.05) is 18.4 Å². The molecule has 0 bridgehead atoms. The van der Waals surface area contributed by atoms with E-state index in [4.69, 9.17) is 0 Å². The minimum Gasteiger partial charge on any atom is -0.326 e. The lowest BCUT2D eigenvalue weighted by molar-refractivity contribution is -0.120. The number of aryl methyl sites for hydroxylation is 1. The van der Waals surface area contributed by atoms with Crippen LogP contribution in [0.15, 0.2) is 38.3 Å². The molecule has 1 aliphatic rings. The molecule has 0 saturated carbocycles. The van der Waals surface area contributed by atoms with Gasteiger partial charge in [-0.15, -0.1) is 11.3 Å². The fourth-order valence-electron chi connectivity index (χ4n) is 2.84. The first-order valence-electron chi connectivity index (χ1n) is 8.10. The van der Waals surface area contributed by atoms with Crippen molar-refractivity contribution < 1.29 is 17.6 Å². The van der Waals surface area contributed by atoms with Gasteiger partial charge >= 0.3 is 0 Å². The van der Waals surface area contributed by atoms with Crippen molar-refractivity contribution in [2.45, 2.75) is 24.0 Å². The first kappa shape index (κ1) is 19.5. The zero-order valence-corrected chi connectivity index (χ0v) is 17.3. The second-order valence-electron chi connectivity index (χ2n) is 6.19. The van der Waals surface area contributed by atoms with Crippen molar-refractivity contribution >= 4 is 48.9 Å². The van der Waals surface area contributed by atoms with Crippen LogP contribution in [-0.2, 0) is 14.8 Å². The number of nitrogens with zero attached hydrogens (tertiary/aromatic N) is 1. The Morgan fingerprint density at radius 3 is 2.54 bits per heavy atom. The molecule has 1 aliphatic heterocycles. The Hall–Kier alpha value is -1.29. The molecule has 0 unspecified atom stereocenters. The zero-order valence-electron chi connectivity index (χ0n) is 14.0. The molecule has 140 valence electrons. The summed E-state index contributed by atoms with van der Waals surface area (Å²) in [6.07, 6.45) is 0.873. The minimum absolute atomic E-state index is 0.204. The normalized spacial score (nSPS) is 16.6. The molecule has 2 aromatic rings. The monoisotopic (exact) mass is 460 g/mol. The summed E-state index contributed by atoms with van der Waals surface area (Å²) >= 11 is 4.45. The number of benzene rings is 1. The molecule has 1 amide bonds. The highest BCUT2D eigenvalue weighted by Gasteiger charge is 2.32. The molecule has 1 fully saturated rings. The van der Waals surface area contributed by atoms with Crippen LogP contribution in [0.25, 0.3) is 0 Å². The molecule has 3 rings (SSSR count). The number of carbonyl (C=O) groups excluding carboxylic acids is 1. The van der Waals surface area contributed by atoms with E-state index in [1.807, 2.05) is 0 Å². The number of amides is 1. The van der Waals surface area contributed by atoms with Gasteiger partial charge in [0, 0.05) is 24.7 Å². The number of thiophene rings is 1. The van der Waals surface area contributed by atoms with Gasteiger partial charge in [0.05, 0.1) is 3.79 Å². The molecule has 26 heavy (non-hydrogen) atoms. The van der Waals surface area contributed by atoms with Gasteiger partial charge in [-0.05, 0) is 65.5 Å². The first-order valence-corrected chi connectivity index (χ1v) is 11.1. The Morgan fingerprint density at radius 1 is 1.27 bits per heavy atom. The molecular formula is C17H18BrFN2O3S2. The van der Waals surface area contributed by atoms with Gasteiger partial charge in [-0.3, -0.25) is 4.79 Å². The number of anilines is 1. The maximum absolute atomic E-state index is 13.6. The highest BCUT2D eigenvalue weighted by atomic mass is 79.9. The quantitative estimate of drug-likeness (QED) is 0.749. The van der Waals surface area contributed by atoms with E-state index in [0.29, 0.717) is 28.3 Å². The molecular weight excluding hydrogens is 443 g/mol. The van der Waals surface area contributed by atoms with Crippen LogP contribution in [0, 0.1) is 18.7 Å². The van der Waals surface area contributed by atoms with E-state index >= 15 is 0 Å². The lowest BCUT2D eigenvalue weighted by Gasteiger charge is -2.30. The smallest absolute Gasteiger partial charge is 0.252 e. The summed E-state index contributed by atoms with van der Waals surface area (Å²) < 4.78 is 41.3. The van der Waals surface area contributed by atoms with E-state index in [1.54, 1.807) is 31.2 Å². The molecule has 9 heteroatoms. The highest BCUT2D eigenvalue weighted by molar-refractivity contribution is 9.11. The van der Waals surface area contributed by atoms with Crippen molar-refractivity contribution in [3.63, 3.8) is 0 Å². The maximum atomic E-state index is 13.6. The third kappa shape index (κ3) is 4.16. The molecule has 0 atom stereocenters. The number of rotatable bonds is 4. The Kier molecular flexibility index (Phi) is 5.81. The van der Waals surface area contributed by atoms with Crippen LogP contribution in [0.1, 0.15) is 18.4 Å². The fourth-order valence-corrected chi connectivity index (χ4v) is 6.47. The van der Waals surface area contributed by atoms with Crippen LogP contribution in [0.4, 0.5) is 10.1 Å². The molecule has 0 radical (unpaired) electrons. The van der Waals surface area contributed by atoms with E-state index in [1.165, 1.54) is 21.7 Å². The van der Waals surface area contributed by atoms with E-state index in [-0.39, 0.29) is 30.7 Å². The van der Waals surface area contributed by atoms with Gasteiger partial charge in [0.2, 0.25) is 5.91 Å². The number of piperidine rings is 1. The summed E-state index contributed by atoms with van der Waals surface area (Å²) in [7, 11) is -3.52. The van der Waals surface area contributed by atoms with Crippen molar-refractivity contribution in [1.29, 1.82) is 0 Å². The standard InChI is InChI=1S/C17H18BrFN2O3S2/c1-11-2-3-13(10-14(11)19)20-17(22)12-6-8-21(9-7-12)26(23,24)16-5-4-15(18)25-16/h2-5,10,12H,6-9H2,1H3,(H,20,22). The molecule has 1 aromatic heterocycles. The number of nitrogens with one attached hydrogen (secondary N) is 1. The second-order valence-corrected chi connectivity index (χ2v) is 10.8. The molecule has 2 heterocycles. The molecule has 1 saturated heterocycles. The predicted molar refractivity (Wildman–Crippen MR) is 103 cm³/mol. The Bertz CT molecular complexity index is 922. The number of hydrogen-bond donors (Lipinski definition) is 1. The summed E-state index contributed by atoms with van der Waals surface area (Å²) in [6, 6.07) is 7.85. The van der Waals surface area contributed by atoms with Crippen LogP contribution in [-0.4, -0.2) is 31.7 Å². The summed E-state index contributed by atoms with van der Waals surface area (Å²) in [6.45, 7) is 2.24. The molecule has 0 spiro atoms. The summed E-state index contributed by atoms with van der Waals surface area (Å²) in [5, 5.41) is 2.72. The third-order valence-electron chi connectivity index (χ3n) is 4.41. The number of sulfonamides is 1. The van der Waals surface area contributed by atoms with E-state index in [2.05, 4.69) is 21.2 Å². The van der Waals surface area contributed by atoms with E-state index in [9.17, 15) is 17.6 Å². The average Bonchev–Trinajstić information content (AvgIpc) is 3.05. The average molecular weight is 461 g/mol. The number of carbonyl (C=O) groups is 1. The largest absolute Gasteiger partial charge is 0.326 e. The van der Waals surface area contributed by atoms with Crippen molar-refractivity contribution in [3.05, 3.63) is 45.5 Å². The number of halogens is 2. The van der Waals surface area contributed by atoms with Gasteiger partial charge in [0.25, 0.3) is 10.0 Å². The van der Waals surface area contributed by atoms with Gasteiger partial charge < -0.3 is 5.32 Å². The molecule has 0 aliphatic carbocycles. The topological polar surface area (TPSA) is 66.5 Å². The Labute approximate surface area is 164 Å². The molecule has 5 nitrogen and oxygen atoms in total. The van der Waals surface area contributed by atoms with Crippen LogP contribution in [0.5, 0.6) is 0 Å². The van der Waals surface area contributed by atoms with Gasteiger partial charge in [0.15, 0.2) is 0 Å². The van der Waals surface area contributed by atoms with Crippen molar-refractivity contribution in [1.82, 2.24) is 4.31 Å². The number of hydrogen-bond acceptors (Lipinski definition) is 4. The fraction of sp³-hybridized carbons (Fsp3) is 0.353. The van der Waals surface area contributed by atoms with Gasteiger partial charge in [-0.1, -0.05) is 6.07 Å². The van der Waals surface area contributed by atoms with Crippen molar-refractivity contribution in [3.8, 4) is 0 Å². The van der Waals surface area contributed by atoms with Crippen LogP contribution in [0.2, 0.25) is 0 Å². The van der Waals surface area contributed by atoms with E-state index in [0.717, 1.165) is 3.79 Å². The Morgan fingerprint density at radius 2 is 1.96 bits per heavy atom. The lowest BCUT2D eigenvalue weighted by Crippen LogP contribution is -2.41. The van der Waals surface area contributed by atoms with Crippen LogP contribution < -0.4 is 5.32 Å². The summed E-state index contributed by atoms with van der Waals surface area (Å²) in [5.74, 6) is -0.865. The van der Waals surface area contributed by atoms with Gasteiger partial charge in [-0.25, -0.2) is 12.8 Å². The van der Waals surface area contributed by atoms with Gasteiger partial charge in [0.1, 0.15) is 10.0 Å². The van der Waals surface area contributed by atoms with Crippen LogP contribution >= 0.6 is 27.3 Å². The molecule has 1 aromatic carbocycles. The third-order valence-corrected chi connectivity index (χ3v) is 8.40. The zero-order chi connectivity index (χ0) is 18.9. The summed E-state index contributed by atoms with van der Waals surface area (Å²) in [4.78, 5) is 12.4.